The summed E-state index contributed by atoms with van der Waals surface area (Å²) in [7, 11) is 3.43. The van der Waals surface area contributed by atoms with Crippen molar-refractivity contribution in [1.82, 2.24) is 25.2 Å². The lowest BCUT2D eigenvalue weighted by Gasteiger charge is -2.14. The Labute approximate surface area is 163 Å². The highest BCUT2D eigenvalue weighted by Gasteiger charge is 2.21. The Morgan fingerprint density at radius 1 is 1.29 bits per heavy atom. The van der Waals surface area contributed by atoms with Crippen molar-refractivity contribution >= 4 is 11.6 Å². The van der Waals surface area contributed by atoms with Crippen molar-refractivity contribution in [3.05, 3.63) is 53.5 Å². The molecule has 3 aromatic rings. The van der Waals surface area contributed by atoms with E-state index in [1.807, 2.05) is 34.9 Å². The molecule has 1 atom stereocenters. The van der Waals surface area contributed by atoms with Gasteiger partial charge < -0.3 is 20.1 Å². The normalized spacial score (nSPS) is 16.0. The summed E-state index contributed by atoms with van der Waals surface area (Å²) in [6.45, 7) is 3.14. The molecule has 0 fully saturated rings. The van der Waals surface area contributed by atoms with Crippen LogP contribution < -0.4 is 20.1 Å². The number of ether oxygens (including phenoxy) is 2. The van der Waals surface area contributed by atoms with E-state index in [2.05, 4.69) is 38.8 Å². The molecule has 8 heteroatoms. The van der Waals surface area contributed by atoms with Crippen molar-refractivity contribution in [2.45, 2.75) is 32.5 Å². The van der Waals surface area contributed by atoms with Crippen molar-refractivity contribution < 1.29 is 9.47 Å². The Morgan fingerprint density at radius 3 is 2.96 bits per heavy atom. The molecule has 0 bridgehead atoms. The van der Waals surface area contributed by atoms with Crippen LogP contribution in [0.3, 0.4) is 0 Å². The number of benzene rings is 1. The molecule has 4 rings (SSSR count). The smallest absolute Gasteiger partial charge is 0.191 e. The molecule has 1 aromatic carbocycles. The predicted octanol–water partition coefficient (Wildman–Crippen LogP) is 1.93. The van der Waals surface area contributed by atoms with E-state index in [-0.39, 0.29) is 6.10 Å². The number of nitrogens with zero attached hydrogens (tertiary/aromatic N) is 4. The lowest BCUT2D eigenvalue weighted by Crippen LogP contribution is -2.36. The number of fused-ring (bicyclic) bond motifs is 2. The van der Waals surface area contributed by atoms with Crippen LogP contribution >= 0.6 is 0 Å². The monoisotopic (exact) mass is 380 g/mol. The van der Waals surface area contributed by atoms with E-state index in [9.17, 15) is 0 Å². The zero-order valence-electron chi connectivity index (χ0n) is 16.3. The van der Waals surface area contributed by atoms with Crippen molar-refractivity contribution in [3.8, 4) is 11.5 Å². The van der Waals surface area contributed by atoms with Gasteiger partial charge in [0.05, 0.1) is 13.7 Å². The highest BCUT2D eigenvalue weighted by molar-refractivity contribution is 5.79. The number of nitrogens with one attached hydrogen (secondary N) is 2. The van der Waals surface area contributed by atoms with Gasteiger partial charge in [0.2, 0.25) is 0 Å². The molecule has 146 valence electrons. The minimum atomic E-state index is 0.204. The summed E-state index contributed by atoms with van der Waals surface area (Å²) in [5.41, 5.74) is 3.03. The third kappa shape index (κ3) is 3.58. The zero-order chi connectivity index (χ0) is 19.5. The first-order valence-electron chi connectivity index (χ1n) is 9.27. The number of aliphatic imine (C=N–C) groups is 1. The van der Waals surface area contributed by atoms with Gasteiger partial charge in [-0.25, -0.2) is 0 Å². The van der Waals surface area contributed by atoms with Crippen molar-refractivity contribution in [1.29, 1.82) is 0 Å². The minimum Gasteiger partial charge on any atom is -0.496 e. The fourth-order valence-corrected chi connectivity index (χ4v) is 3.38. The van der Waals surface area contributed by atoms with Crippen LogP contribution in [0.2, 0.25) is 0 Å². The first-order chi connectivity index (χ1) is 13.7. The van der Waals surface area contributed by atoms with Crippen LogP contribution in [-0.2, 0) is 19.5 Å². The zero-order valence-corrected chi connectivity index (χ0v) is 16.3. The quantitative estimate of drug-likeness (QED) is 0.520. The maximum atomic E-state index is 5.87. The summed E-state index contributed by atoms with van der Waals surface area (Å²) < 4.78 is 13.4. The summed E-state index contributed by atoms with van der Waals surface area (Å²) in [6, 6.07) is 9.93. The van der Waals surface area contributed by atoms with E-state index >= 15 is 0 Å². The molecular weight excluding hydrogens is 356 g/mol. The molecule has 1 aliphatic heterocycles. The van der Waals surface area contributed by atoms with E-state index < -0.39 is 0 Å². The Hall–Kier alpha value is -3.29. The lowest BCUT2D eigenvalue weighted by atomic mass is 10.1. The topological polar surface area (TPSA) is 85.1 Å². The SMILES string of the molecule is CN=C(NCc1cc2c(cc1OC)CC(C)O2)NCc1nnc2ccccn12. The molecule has 1 unspecified atom stereocenters. The second-order valence-corrected chi connectivity index (χ2v) is 6.73. The molecule has 0 saturated heterocycles. The van der Waals surface area contributed by atoms with Crippen LogP contribution in [0.5, 0.6) is 11.5 Å². The van der Waals surface area contributed by atoms with E-state index in [1.165, 1.54) is 5.56 Å². The van der Waals surface area contributed by atoms with Gasteiger partial charge in [-0.3, -0.25) is 9.39 Å². The maximum absolute atomic E-state index is 5.87. The van der Waals surface area contributed by atoms with E-state index in [4.69, 9.17) is 9.47 Å². The van der Waals surface area contributed by atoms with Gasteiger partial charge in [0.25, 0.3) is 0 Å². The van der Waals surface area contributed by atoms with E-state index in [1.54, 1.807) is 14.2 Å². The van der Waals surface area contributed by atoms with Gasteiger partial charge in [0, 0.05) is 37.3 Å². The fourth-order valence-electron chi connectivity index (χ4n) is 3.38. The van der Waals surface area contributed by atoms with Gasteiger partial charge in [-0.05, 0) is 31.2 Å². The van der Waals surface area contributed by atoms with Crippen LogP contribution in [0.25, 0.3) is 5.65 Å². The molecule has 3 heterocycles. The maximum Gasteiger partial charge on any atom is 0.191 e. The number of hydrogen-bond acceptors (Lipinski definition) is 5. The number of rotatable bonds is 5. The molecule has 2 N–H and O–H groups in total. The third-order valence-electron chi connectivity index (χ3n) is 4.77. The summed E-state index contributed by atoms with van der Waals surface area (Å²) in [5.74, 6) is 3.27. The van der Waals surface area contributed by atoms with Gasteiger partial charge in [-0.15, -0.1) is 10.2 Å². The summed E-state index contributed by atoms with van der Waals surface area (Å²) in [6.07, 6.45) is 3.06. The number of hydrogen-bond donors (Lipinski definition) is 2. The molecule has 0 amide bonds. The first-order valence-corrected chi connectivity index (χ1v) is 9.27. The van der Waals surface area contributed by atoms with Gasteiger partial charge in [-0.1, -0.05) is 6.07 Å². The van der Waals surface area contributed by atoms with Crippen LogP contribution in [0.15, 0.2) is 41.5 Å². The van der Waals surface area contributed by atoms with Gasteiger partial charge >= 0.3 is 0 Å². The Morgan fingerprint density at radius 2 is 2.14 bits per heavy atom. The Kier molecular flexibility index (Phi) is 5.01. The van der Waals surface area contributed by atoms with Crippen molar-refractivity contribution in [2.24, 2.45) is 4.99 Å². The lowest BCUT2D eigenvalue weighted by molar-refractivity contribution is 0.254. The molecule has 0 radical (unpaired) electrons. The van der Waals surface area contributed by atoms with Crippen molar-refractivity contribution in [3.63, 3.8) is 0 Å². The standard InChI is InChI=1S/C20H24N6O2/c1-13-8-14-9-16(27-3)15(10-17(14)28-13)11-22-20(21-2)23-12-19-25-24-18-6-4-5-7-26(18)19/h4-7,9-10,13H,8,11-12H2,1-3H3,(H2,21,22,23). The summed E-state index contributed by atoms with van der Waals surface area (Å²) >= 11 is 0. The summed E-state index contributed by atoms with van der Waals surface area (Å²) in [4.78, 5) is 4.29. The average Bonchev–Trinajstić information content (AvgIpc) is 3.29. The second-order valence-electron chi connectivity index (χ2n) is 6.73. The second kappa shape index (κ2) is 7.75. The van der Waals surface area contributed by atoms with E-state index in [0.717, 1.165) is 35.0 Å². The highest BCUT2D eigenvalue weighted by atomic mass is 16.5. The average molecular weight is 380 g/mol. The summed E-state index contributed by atoms with van der Waals surface area (Å²) in [5, 5.41) is 15.0. The van der Waals surface area contributed by atoms with Gasteiger partial charge in [0.15, 0.2) is 17.4 Å². The Bertz CT molecular complexity index is 1010. The van der Waals surface area contributed by atoms with Crippen molar-refractivity contribution in [2.75, 3.05) is 14.2 Å². The molecule has 0 spiro atoms. The van der Waals surface area contributed by atoms with Crippen LogP contribution in [-0.4, -0.2) is 40.8 Å². The largest absolute Gasteiger partial charge is 0.496 e. The van der Waals surface area contributed by atoms with Gasteiger partial charge in [-0.2, -0.15) is 0 Å². The number of aromatic nitrogens is 3. The third-order valence-corrected chi connectivity index (χ3v) is 4.77. The fraction of sp³-hybridized carbons (Fsp3) is 0.350. The number of methoxy groups -OCH3 is 1. The first kappa shape index (κ1) is 18.1. The molecule has 1 aliphatic rings. The van der Waals surface area contributed by atoms with Crippen LogP contribution in [0.4, 0.5) is 0 Å². The molecule has 8 nitrogen and oxygen atoms in total. The predicted molar refractivity (Wildman–Crippen MR) is 107 cm³/mol. The highest BCUT2D eigenvalue weighted by Crippen LogP contribution is 2.34. The van der Waals surface area contributed by atoms with E-state index in [0.29, 0.717) is 19.0 Å². The Balaban J connectivity index is 1.42. The molecular formula is C20H24N6O2. The number of pyridine rings is 1. The minimum absolute atomic E-state index is 0.204. The van der Waals surface area contributed by atoms with Crippen LogP contribution in [0, 0.1) is 0 Å². The molecule has 0 aliphatic carbocycles. The molecule has 28 heavy (non-hydrogen) atoms. The molecule has 0 saturated carbocycles. The van der Waals surface area contributed by atoms with Crippen LogP contribution in [0.1, 0.15) is 23.9 Å². The van der Waals surface area contributed by atoms with Gasteiger partial charge in [0.1, 0.15) is 17.6 Å². The number of guanidine groups is 1. The molecule has 2 aromatic heterocycles.